The molecule has 1 aliphatic heterocycles. The summed E-state index contributed by atoms with van der Waals surface area (Å²) < 4.78 is 50.4. The van der Waals surface area contributed by atoms with E-state index in [4.69, 9.17) is 4.74 Å². The van der Waals surface area contributed by atoms with Gasteiger partial charge < -0.3 is 14.7 Å². The number of aromatic amines is 1. The quantitative estimate of drug-likeness (QED) is 0.720. The monoisotopic (exact) mass is 441 g/mol. The maximum Gasteiger partial charge on any atom is 0.329 e. The number of methoxy groups -OCH3 is 1. The largest absolute Gasteiger partial charge is 0.492 e. The second-order valence-electron chi connectivity index (χ2n) is 8.34. The lowest BCUT2D eigenvalue weighted by atomic mass is 9.84. The standard InChI is InChI=1S/C21H26F3N3O4/c1-3-10-6-7-26(8-11(10)9-28)17-15(22)13(19(23)24)14-16(18(17)31-2)27(12-4-5-12)21(30)25-20(14)29/h10-12,19,28H,3-9H2,1-2H3,(H,25,29,30). The molecule has 7 nitrogen and oxygen atoms in total. The van der Waals surface area contributed by atoms with Crippen LogP contribution < -0.4 is 20.9 Å². The number of aliphatic hydroxyl groups is 1. The van der Waals surface area contributed by atoms with Crippen LogP contribution in [0.3, 0.4) is 0 Å². The highest BCUT2D eigenvalue weighted by molar-refractivity contribution is 5.94. The third kappa shape index (κ3) is 3.50. The van der Waals surface area contributed by atoms with E-state index < -0.39 is 34.4 Å². The van der Waals surface area contributed by atoms with Crippen molar-refractivity contribution < 1.29 is 23.0 Å². The predicted molar refractivity (Wildman–Crippen MR) is 110 cm³/mol. The number of hydrogen-bond acceptors (Lipinski definition) is 5. The lowest BCUT2D eigenvalue weighted by Crippen LogP contribution is -2.43. The second-order valence-corrected chi connectivity index (χ2v) is 8.34. The first kappa shape index (κ1) is 21.7. The van der Waals surface area contributed by atoms with Gasteiger partial charge in [0.2, 0.25) is 0 Å². The summed E-state index contributed by atoms with van der Waals surface area (Å²) in [7, 11) is 1.27. The van der Waals surface area contributed by atoms with Gasteiger partial charge in [0.05, 0.1) is 18.1 Å². The predicted octanol–water partition coefficient (Wildman–Crippen LogP) is 2.95. The van der Waals surface area contributed by atoms with Crippen LogP contribution in [0.4, 0.5) is 18.9 Å². The molecule has 2 aromatic rings. The summed E-state index contributed by atoms with van der Waals surface area (Å²) in [5, 5.41) is 9.25. The van der Waals surface area contributed by atoms with Gasteiger partial charge in [-0.3, -0.25) is 14.3 Å². The van der Waals surface area contributed by atoms with Crippen molar-refractivity contribution >= 4 is 16.6 Å². The molecule has 0 radical (unpaired) electrons. The van der Waals surface area contributed by atoms with E-state index in [-0.39, 0.29) is 48.0 Å². The van der Waals surface area contributed by atoms with Crippen molar-refractivity contribution in [2.45, 2.75) is 45.1 Å². The van der Waals surface area contributed by atoms with Crippen molar-refractivity contribution in [3.63, 3.8) is 0 Å². The van der Waals surface area contributed by atoms with Crippen LogP contribution in [-0.2, 0) is 0 Å². The molecule has 1 aliphatic carbocycles. The van der Waals surface area contributed by atoms with E-state index in [2.05, 4.69) is 4.98 Å². The molecule has 0 spiro atoms. The van der Waals surface area contributed by atoms with Crippen LogP contribution in [0.5, 0.6) is 5.75 Å². The van der Waals surface area contributed by atoms with Crippen LogP contribution >= 0.6 is 0 Å². The molecule has 10 heteroatoms. The van der Waals surface area contributed by atoms with Gasteiger partial charge in [-0.05, 0) is 25.2 Å². The van der Waals surface area contributed by atoms with Crippen LogP contribution in [0.15, 0.2) is 9.59 Å². The first-order valence-corrected chi connectivity index (χ1v) is 10.6. The number of benzene rings is 1. The Morgan fingerprint density at radius 2 is 1.94 bits per heavy atom. The topological polar surface area (TPSA) is 87.6 Å². The number of H-pyrrole nitrogens is 1. The van der Waals surface area contributed by atoms with Gasteiger partial charge in [0.15, 0.2) is 11.6 Å². The Hall–Kier alpha value is -2.49. The number of anilines is 1. The highest BCUT2D eigenvalue weighted by atomic mass is 19.3. The first-order chi connectivity index (χ1) is 14.8. The van der Waals surface area contributed by atoms with Crippen molar-refractivity contribution in [3.8, 4) is 5.75 Å². The maximum atomic E-state index is 15.6. The zero-order valence-electron chi connectivity index (χ0n) is 17.5. The molecule has 1 aromatic carbocycles. The Morgan fingerprint density at radius 1 is 1.23 bits per heavy atom. The van der Waals surface area contributed by atoms with Crippen LogP contribution in [0, 0.1) is 17.7 Å². The molecule has 2 aliphatic rings. The summed E-state index contributed by atoms with van der Waals surface area (Å²) in [4.78, 5) is 28.7. The molecular weight excluding hydrogens is 415 g/mol. The summed E-state index contributed by atoms with van der Waals surface area (Å²) in [6.45, 7) is 2.54. The van der Waals surface area contributed by atoms with Crippen molar-refractivity contribution in [2.24, 2.45) is 11.8 Å². The highest BCUT2D eigenvalue weighted by Gasteiger charge is 2.37. The summed E-state index contributed by atoms with van der Waals surface area (Å²) >= 11 is 0. The van der Waals surface area contributed by atoms with Gasteiger partial charge in [-0.1, -0.05) is 13.3 Å². The van der Waals surface area contributed by atoms with E-state index in [1.54, 1.807) is 4.90 Å². The Kier molecular flexibility index (Phi) is 5.76. The van der Waals surface area contributed by atoms with Crippen LogP contribution in [-0.4, -0.2) is 41.5 Å². The van der Waals surface area contributed by atoms with Gasteiger partial charge in [0.25, 0.3) is 12.0 Å². The van der Waals surface area contributed by atoms with Crippen molar-refractivity contribution in [1.29, 1.82) is 0 Å². The third-order valence-electron chi connectivity index (χ3n) is 6.59. The molecule has 2 fully saturated rings. The third-order valence-corrected chi connectivity index (χ3v) is 6.59. The fourth-order valence-corrected chi connectivity index (χ4v) is 4.86. The molecule has 1 saturated carbocycles. The van der Waals surface area contributed by atoms with Gasteiger partial charge in [-0.2, -0.15) is 0 Å². The van der Waals surface area contributed by atoms with E-state index in [9.17, 15) is 23.5 Å². The lowest BCUT2D eigenvalue weighted by molar-refractivity contribution is 0.146. The molecule has 0 bridgehead atoms. The van der Waals surface area contributed by atoms with E-state index in [1.165, 1.54) is 11.7 Å². The maximum absolute atomic E-state index is 15.6. The molecule has 2 N–H and O–H groups in total. The van der Waals surface area contributed by atoms with Gasteiger partial charge in [0, 0.05) is 31.7 Å². The van der Waals surface area contributed by atoms with E-state index in [1.807, 2.05) is 6.92 Å². The molecule has 31 heavy (non-hydrogen) atoms. The molecule has 0 amide bonds. The molecule has 170 valence electrons. The summed E-state index contributed by atoms with van der Waals surface area (Å²) in [5.74, 6) is -1.24. The van der Waals surface area contributed by atoms with Crippen molar-refractivity contribution in [1.82, 2.24) is 9.55 Å². The Morgan fingerprint density at radius 3 is 2.48 bits per heavy atom. The molecule has 4 rings (SSSR count). The van der Waals surface area contributed by atoms with Crippen LogP contribution in [0.25, 0.3) is 10.9 Å². The van der Waals surface area contributed by atoms with E-state index in [0.29, 0.717) is 25.8 Å². The molecule has 2 heterocycles. The Balaban J connectivity index is 2.04. The number of alkyl halides is 2. The number of rotatable bonds is 6. The van der Waals surface area contributed by atoms with Gasteiger partial charge in [-0.25, -0.2) is 18.0 Å². The number of nitrogens with zero attached hydrogens (tertiary/aromatic N) is 2. The molecule has 2 unspecified atom stereocenters. The average molecular weight is 441 g/mol. The van der Waals surface area contributed by atoms with Crippen molar-refractivity contribution in [3.05, 3.63) is 32.2 Å². The first-order valence-electron chi connectivity index (χ1n) is 10.6. The number of fused-ring (bicyclic) bond motifs is 1. The Bertz CT molecular complexity index is 1110. The van der Waals surface area contributed by atoms with E-state index >= 15 is 4.39 Å². The number of hydrogen-bond donors (Lipinski definition) is 2. The average Bonchev–Trinajstić information content (AvgIpc) is 3.57. The summed E-state index contributed by atoms with van der Waals surface area (Å²) in [6, 6.07) is -0.263. The number of aromatic nitrogens is 2. The molecular formula is C21H26F3N3O4. The van der Waals surface area contributed by atoms with Gasteiger partial charge in [0.1, 0.15) is 11.2 Å². The van der Waals surface area contributed by atoms with Crippen LogP contribution in [0.2, 0.25) is 0 Å². The second kappa shape index (κ2) is 8.22. The van der Waals surface area contributed by atoms with Gasteiger partial charge >= 0.3 is 5.69 Å². The molecule has 1 aromatic heterocycles. The fraction of sp³-hybridized carbons (Fsp3) is 0.619. The number of aliphatic hydroxyl groups excluding tert-OH is 1. The Labute approximate surface area is 176 Å². The number of nitrogens with one attached hydrogen (secondary N) is 1. The normalized spacial score (nSPS) is 21.8. The number of piperidine rings is 1. The van der Waals surface area contributed by atoms with Gasteiger partial charge in [-0.15, -0.1) is 0 Å². The summed E-state index contributed by atoms with van der Waals surface area (Å²) in [5.41, 5.74) is -3.09. The minimum absolute atomic E-state index is 0.0939. The minimum atomic E-state index is -3.26. The zero-order valence-corrected chi connectivity index (χ0v) is 17.5. The fourth-order valence-electron chi connectivity index (χ4n) is 4.86. The smallest absolute Gasteiger partial charge is 0.329 e. The molecule has 2 atom stereocenters. The lowest BCUT2D eigenvalue weighted by Gasteiger charge is -2.39. The number of halogens is 3. The SMILES string of the molecule is CCC1CCN(c2c(F)c(C(F)F)c3c(=O)[nH]c(=O)n(C4CC4)c3c2OC)CC1CO. The van der Waals surface area contributed by atoms with Crippen LogP contribution in [0.1, 0.15) is 50.6 Å². The molecule has 1 saturated heterocycles. The van der Waals surface area contributed by atoms with Crippen molar-refractivity contribution in [2.75, 3.05) is 31.7 Å². The zero-order chi connectivity index (χ0) is 22.4. The summed E-state index contributed by atoms with van der Waals surface area (Å²) in [6.07, 6.45) is -0.475. The van der Waals surface area contributed by atoms with E-state index in [0.717, 1.165) is 6.42 Å². The number of ether oxygens (including phenoxy) is 1. The minimum Gasteiger partial charge on any atom is -0.492 e. The highest BCUT2D eigenvalue weighted by Crippen LogP contribution is 2.47.